The van der Waals surface area contributed by atoms with Gasteiger partial charge in [0.1, 0.15) is 12.0 Å². The van der Waals surface area contributed by atoms with Crippen LogP contribution < -0.4 is 9.64 Å². The van der Waals surface area contributed by atoms with Gasteiger partial charge >= 0.3 is 0 Å². The molecule has 1 aliphatic heterocycles. The summed E-state index contributed by atoms with van der Waals surface area (Å²) in [6, 6.07) is 14.5. The van der Waals surface area contributed by atoms with Crippen molar-refractivity contribution < 1.29 is 9.15 Å². The molecule has 1 aliphatic rings. The molecule has 2 aromatic carbocycles. The monoisotopic (exact) mass is 377 g/mol. The van der Waals surface area contributed by atoms with Crippen molar-refractivity contribution >= 4 is 5.69 Å². The number of piperazine rings is 1. The highest BCUT2D eigenvalue weighted by Gasteiger charge is 2.19. The Hall–Kier alpha value is -2.79. The summed E-state index contributed by atoms with van der Waals surface area (Å²) >= 11 is 0. The first-order chi connectivity index (χ1) is 13.6. The molecule has 0 aliphatic carbocycles. The van der Waals surface area contributed by atoms with Gasteiger partial charge in [-0.05, 0) is 61.4 Å². The zero-order valence-corrected chi connectivity index (χ0v) is 16.8. The van der Waals surface area contributed by atoms with E-state index in [4.69, 9.17) is 9.15 Å². The number of aromatic nitrogens is 1. The Kier molecular flexibility index (Phi) is 5.35. The van der Waals surface area contributed by atoms with Crippen molar-refractivity contribution in [3.8, 4) is 17.2 Å². The number of hydrogen-bond donors (Lipinski definition) is 0. The van der Waals surface area contributed by atoms with E-state index in [1.165, 1.54) is 16.8 Å². The highest BCUT2D eigenvalue weighted by Crippen LogP contribution is 2.23. The molecular weight excluding hydrogens is 350 g/mol. The van der Waals surface area contributed by atoms with Gasteiger partial charge in [-0.15, -0.1) is 0 Å². The molecular formula is C23H27N3O2. The van der Waals surface area contributed by atoms with E-state index < -0.39 is 0 Å². The van der Waals surface area contributed by atoms with E-state index >= 15 is 0 Å². The van der Waals surface area contributed by atoms with Crippen LogP contribution in [0.3, 0.4) is 0 Å². The second-order valence-electron chi connectivity index (χ2n) is 7.40. The van der Waals surface area contributed by atoms with Crippen LogP contribution >= 0.6 is 0 Å². The normalized spacial score (nSPS) is 15.0. The number of oxazole rings is 1. The predicted octanol–water partition coefficient (Wildman–Crippen LogP) is 4.29. The number of ether oxygens (including phenoxy) is 1. The Bertz CT molecular complexity index is 925. The predicted molar refractivity (Wildman–Crippen MR) is 112 cm³/mol. The molecule has 1 fully saturated rings. The highest BCUT2D eigenvalue weighted by molar-refractivity contribution is 5.54. The summed E-state index contributed by atoms with van der Waals surface area (Å²) in [6.07, 6.45) is 1.77. The Morgan fingerprint density at radius 1 is 0.964 bits per heavy atom. The molecule has 2 heterocycles. The van der Waals surface area contributed by atoms with Crippen LogP contribution in [0.5, 0.6) is 5.75 Å². The molecule has 1 saturated heterocycles. The Morgan fingerprint density at radius 3 is 2.39 bits per heavy atom. The zero-order chi connectivity index (χ0) is 19.5. The van der Waals surface area contributed by atoms with Crippen molar-refractivity contribution in [1.29, 1.82) is 0 Å². The van der Waals surface area contributed by atoms with Crippen molar-refractivity contribution in [3.63, 3.8) is 0 Å². The quantitative estimate of drug-likeness (QED) is 0.663. The van der Waals surface area contributed by atoms with Gasteiger partial charge in [0.2, 0.25) is 5.89 Å². The van der Waals surface area contributed by atoms with E-state index in [1.807, 2.05) is 24.3 Å². The van der Waals surface area contributed by atoms with Crippen LogP contribution in [0.1, 0.15) is 16.8 Å². The third-order valence-electron chi connectivity index (χ3n) is 5.50. The highest BCUT2D eigenvalue weighted by atomic mass is 16.5. The van der Waals surface area contributed by atoms with Crippen molar-refractivity contribution in [1.82, 2.24) is 9.88 Å². The third-order valence-corrected chi connectivity index (χ3v) is 5.50. The lowest BCUT2D eigenvalue weighted by molar-refractivity contribution is 0.247. The average Bonchev–Trinajstić information content (AvgIpc) is 3.19. The van der Waals surface area contributed by atoms with Crippen molar-refractivity contribution in [2.75, 3.05) is 38.2 Å². The first-order valence-corrected chi connectivity index (χ1v) is 9.76. The molecule has 0 bridgehead atoms. The summed E-state index contributed by atoms with van der Waals surface area (Å²) in [5.41, 5.74) is 5.97. The van der Waals surface area contributed by atoms with Gasteiger partial charge in [-0.2, -0.15) is 0 Å². The molecule has 3 aromatic rings. The van der Waals surface area contributed by atoms with Gasteiger partial charge < -0.3 is 14.1 Å². The topological polar surface area (TPSA) is 41.7 Å². The molecule has 0 spiro atoms. The lowest BCUT2D eigenvalue weighted by atomic mass is 10.1. The Labute approximate surface area is 166 Å². The average molecular weight is 377 g/mol. The third kappa shape index (κ3) is 4.04. The van der Waals surface area contributed by atoms with Crippen LogP contribution in [0.15, 0.2) is 53.1 Å². The molecule has 0 atom stereocenters. The fourth-order valence-corrected chi connectivity index (χ4v) is 3.56. The molecule has 0 saturated carbocycles. The van der Waals surface area contributed by atoms with Crippen molar-refractivity contribution in [2.45, 2.75) is 20.4 Å². The largest absolute Gasteiger partial charge is 0.497 e. The number of nitrogens with zero attached hydrogens (tertiary/aromatic N) is 3. The second kappa shape index (κ2) is 8.07. The first kappa shape index (κ1) is 18.6. The number of benzene rings is 2. The number of anilines is 1. The second-order valence-corrected chi connectivity index (χ2v) is 7.40. The molecule has 0 amide bonds. The molecule has 0 unspecified atom stereocenters. The fourth-order valence-electron chi connectivity index (χ4n) is 3.56. The molecule has 4 rings (SSSR count). The lowest BCUT2D eigenvalue weighted by Gasteiger charge is -2.36. The summed E-state index contributed by atoms with van der Waals surface area (Å²) in [5.74, 6) is 1.49. The molecule has 0 N–H and O–H groups in total. The van der Waals surface area contributed by atoms with Crippen molar-refractivity contribution in [2.24, 2.45) is 0 Å². The minimum atomic E-state index is 0.659. The number of aryl methyl sites for hydroxylation is 2. The van der Waals surface area contributed by atoms with E-state index in [9.17, 15) is 0 Å². The van der Waals surface area contributed by atoms with E-state index in [-0.39, 0.29) is 0 Å². The van der Waals surface area contributed by atoms with Crippen LogP contribution in [-0.2, 0) is 6.54 Å². The summed E-state index contributed by atoms with van der Waals surface area (Å²) in [7, 11) is 1.66. The Balaban J connectivity index is 1.34. The van der Waals surface area contributed by atoms with Gasteiger partial charge in [0.05, 0.1) is 12.8 Å². The molecule has 28 heavy (non-hydrogen) atoms. The summed E-state index contributed by atoms with van der Waals surface area (Å²) in [4.78, 5) is 9.57. The maximum atomic E-state index is 5.69. The molecule has 5 heteroatoms. The first-order valence-electron chi connectivity index (χ1n) is 9.76. The fraction of sp³-hybridized carbons (Fsp3) is 0.348. The SMILES string of the molecule is COc1ccc(-c2nc(CN3CCN(c4ccc(C)c(C)c4)CC3)co2)cc1. The minimum Gasteiger partial charge on any atom is -0.497 e. The van der Waals surface area contributed by atoms with Crippen LogP contribution in [0.2, 0.25) is 0 Å². The van der Waals surface area contributed by atoms with E-state index in [2.05, 4.69) is 46.8 Å². The van der Waals surface area contributed by atoms with Gasteiger partial charge in [-0.1, -0.05) is 6.07 Å². The minimum absolute atomic E-state index is 0.659. The zero-order valence-electron chi connectivity index (χ0n) is 16.8. The number of hydrogen-bond acceptors (Lipinski definition) is 5. The maximum absolute atomic E-state index is 5.69. The van der Waals surface area contributed by atoms with Gasteiger partial charge in [-0.25, -0.2) is 4.98 Å². The molecule has 1 aromatic heterocycles. The summed E-state index contributed by atoms with van der Waals surface area (Å²) in [5, 5.41) is 0. The maximum Gasteiger partial charge on any atom is 0.226 e. The van der Waals surface area contributed by atoms with Gasteiger partial charge in [0.15, 0.2) is 0 Å². The van der Waals surface area contributed by atoms with Crippen LogP contribution in [0.4, 0.5) is 5.69 Å². The smallest absolute Gasteiger partial charge is 0.226 e. The van der Waals surface area contributed by atoms with Crippen LogP contribution in [0, 0.1) is 13.8 Å². The molecule has 146 valence electrons. The lowest BCUT2D eigenvalue weighted by Crippen LogP contribution is -2.46. The number of rotatable bonds is 5. The van der Waals surface area contributed by atoms with Gasteiger partial charge in [0.25, 0.3) is 0 Å². The van der Waals surface area contributed by atoms with E-state index in [0.717, 1.165) is 49.7 Å². The standard InChI is InChI=1S/C23H27N3O2/c1-17-4-7-21(14-18(17)2)26-12-10-25(11-13-26)15-20-16-28-23(24-20)19-5-8-22(27-3)9-6-19/h4-9,14,16H,10-13,15H2,1-3H3. The van der Waals surface area contributed by atoms with Crippen LogP contribution in [-0.4, -0.2) is 43.2 Å². The molecule has 5 nitrogen and oxygen atoms in total. The summed E-state index contributed by atoms with van der Waals surface area (Å²) in [6.45, 7) is 9.28. The van der Waals surface area contributed by atoms with Crippen molar-refractivity contribution in [3.05, 3.63) is 65.5 Å². The van der Waals surface area contributed by atoms with Crippen LogP contribution in [0.25, 0.3) is 11.5 Å². The Morgan fingerprint density at radius 2 is 1.71 bits per heavy atom. The summed E-state index contributed by atoms with van der Waals surface area (Å²) < 4.78 is 10.9. The van der Waals surface area contributed by atoms with E-state index in [1.54, 1.807) is 13.4 Å². The number of methoxy groups -OCH3 is 1. The van der Waals surface area contributed by atoms with Gasteiger partial charge in [-0.3, -0.25) is 4.90 Å². The van der Waals surface area contributed by atoms with E-state index in [0.29, 0.717) is 5.89 Å². The molecule has 0 radical (unpaired) electrons. The van der Waals surface area contributed by atoms with Gasteiger partial charge in [0, 0.05) is 44.0 Å².